The fourth-order valence-corrected chi connectivity index (χ4v) is 2.26. The number of hydrogen-bond acceptors (Lipinski definition) is 2. The van der Waals surface area contributed by atoms with Crippen LogP contribution in [0.15, 0.2) is 36.8 Å². The van der Waals surface area contributed by atoms with Crippen molar-refractivity contribution in [3.05, 3.63) is 53.9 Å². The second-order valence-corrected chi connectivity index (χ2v) is 5.17. The van der Waals surface area contributed by atoms with Gasteiger partial charge in [0, 0.05) is 18.8 Å². The number of hydrogen-bond donors (Lipinski definition) is 1. The lowest BCUT2D eigenvalue weighted by atomic mass is 10.1. The van der Waals surface area contributed by atoms with E-state index in [2.05, 4.69) is 21.8 Å². The van der Waals surface area contributed by atoms with E-state index in [0.717, 1.165) is 12.1 Å². The van der Waals surface area contributed by atoms with Gasteiger partial charge in [-0.15, -0.1) is 0 Å². The predicted octanol–water partition coefficient (Wildman–Crippen LogP) is 2.88. The Labute approximate surface area is 112 Å². The number of benzene rings is 1. The fourth-order valence-electron chi connectivity index (χ4n) is 2.26. The highest BCUT2D eigenvalue weighted by Gasteiger charge is 2.21. The van der Waals surface area contributed by atoms with Crippen molar-refractivity contribution in [2.24, 2.45) is 0 Å². The van der Waals surface area contributed by atoms with E-state index in [0.29, 0.717) is 6.04 Å². The van der Waals surface area contributed by atoms with E-state index < -0.39 is 0 Å². The first-order chi connectivity index (χ1) is 9.24. The summed E-state index contributed by atoms with van der Waals surface area (Å²) in [5.74, 6) is -0.197. The van der Waals surface area contributed by atoms with E-state index in [1.165, 1.54) is 30.7 Å². The second-order valence-electron chi connectivity index (χ2n) is 5.17. The van der Waals surface area contributed by atoms with Crippen molar-refractivity contribution in [1.82, 2.24) is 14.9 Å². The number of nitrogens with zero attached hydrogens (tertiary/aromatic N) is 2. The lowest BCUT2D eigenvalue weighted by Crippen LogP contribution is -2.19. The molecule has 3 rings (SSSR count). The molecular formula is C15H18FN3. The standard InChI is InChI=1S/C15H18FN3/c1-11(12-2-4-13(16)5-3-12)19-10-17-8-15(19)9-18-14-6-7-14/h2-5,8,10-11,14,18H,6-7,9H2,1H3. The molecule has 1 aromatic carbocycles. The van der Waals surface area contributed by atoms with Crippen LogP contribution in [0.5, 0.6) is 0 Å². The smallest absolute Gasteiger partial charge is 0.123 e. The molecule has 1 atom stereocenters. The molecule has 1 unspecified atom stereocenters. The van der Waals surface area contributed by atoms with Crippen molar-refractivity contribution in [3.8, 4) is 0 Å². The molecule has 19 heavy (non-hydrogen) atoms. The molecule has 0 radical (unpaired) electrons. The lowest BCUT2D eigenvalue weighted by molar-refractivity contribution is 0.571. The Balaban J connectivity index is 1.76. The van der Waals surface area contributed by atoms with E-state index in [-0.39, 0.29) is 11.9 Å². The minimum atomic E-state index is -0.197. The van der Waals surface area contributed by atoms with Crippen LogP contribution >= 0.6 is 0 Å². The second kappa shape index (κ2) is 5.13. The Morgan fingerprint density at radius 1 is 1.37 bits per heavy atom. The van der Waals surface area contributed by atoms with Crippen LogP contribution in [0.4, 0.5) is 4.39 Å². The van der Waals surface area contributed by atoms with Gasteiger partial charge in [0.15, 0.2) is 0 Å². The molecule has 3 nitrogen and oxygen atoms in total. The van der Waals surface area contributed by atoms with Crippen LogP contribution in [-0.4, -0.2) is 15.6 Å². The summed E-state index contributed by atoms with van der Waals surface area (Å²) in [6.45, 7) is 2.95. The maximum absolute atomic E-state index is 13.0. The summed E-state index contributed by atoms with van der Waals surface area (Å²) in [6.07, 6.45) is 6.30. The van der Waals surface area contributed by atoms with Crippen LogP contribution in [0.25, 0.3) is 0 Å². The van der Waals surface area contributed by atoms with Crippen LogP contribution in [0.1, 0.15) is 37.1 Å². The molecule has 100 valence electrons. The molecule has 1 aromatic heterocycles. The van der Waals surface area contributed by atoms with Crippen LogP contribution in [-0.2, 0) is 6.54 Å². The molecular weight excluding hydrogens is 241 g/mol. The van der Waals surface area contributed by atoms with E-state index in [9.17, 15) is 4.39 Å². The largest absolute Gasteiger partial charge is 0.326 e. The molecule has 0 spiro atoms. The summed E-state index contributed by atoms with van der Waals surface area (Å²) < 4.78 is 15.1. The average Bonchev–Trinajstić information content (AvgIpc) is 3.13. The van der Waals surface area contributed by atoms with Gasteiger partial charge in [-0.3, -0.25) is 0 Å². The Hall–Kier alpha value is -1.68. The number of aromatic nitrogens is 2. The Kier molecular flexibility index (Phi) is 3.34. The zero-order chi connectivity index (χ0) is 13.2. The highest BCUT2D eigenvalue weighted by Crippen LogP contribution is 2.22. The number of rotatable bonds is 5. The van der Waals surface area contributed by atoms with Crippen LogP contribution in [0.3, 0.4) is 0 Å². The van der Waals surface area contributed by atoms with Gasteiger partial charge in [0.25, 0.3) is 0 Å². The molecule has 1 heterocycles. The van der Waals surface area contributed by atoms with E-state index >= 15 is 0 Å². The average molecular weight is 259 g/mol. The Morgan fingerprint density at radius 3 is 2.79 bits per heavy atom. The zero-order valence-corrected chi connectivity index (χ0v) is 11.0. The summed E-state index contributed by atoms with van der Waals surface area (Å²) >= 11 is 0. The first-order valence-corrected chi connectivity index (χ1v) is 6.73. The van der Waals surface area contributed by atoms with Gasteiger partial charge in [-0.25, -0.2) is 9.37 Å². The predicted molar refractivity (Wildman–Crippen MR) is 72.3 cm³/mol. The highest BCUT2D eigenvalue weighted by molar-refractivity contribution is 5.21. The van der Waals surface area contributed by atoms with Gasteiger partial charge in [0.2, 0.25) is 0 Å². The SMILES string of the molecule is CC(c1ccc(F)cc1)n1cncc1CNC1CC1. The molecule has 1 aliphatic carbocycles. The maximum Gasteiger partial charge on any atom is 0.123 e. The summed E-state index contributed by atoms with van der Waals surface area (Å²) in [5, 5.41) is 3.49. The summed E-state index contributed by atoms with van der Waals surface area (Å²) in [5.41, 5.74) is 2.26. The van der Waals surface area contributed by atoms with Crippen molar-refractivity contribution >= 4 is 0 Å². The summed E-state index contributed by atoms with van der Waals surface area (Å²) in [7, 11) is 0. The van der Waals surface area contributed by atoms with Gasteiger partial charge in [-0.1, -0.05) is 12.1 Å². The van der Waals surface area contributed by atoms with E-state index in [1.54, 1.807) is 0 Å². The number of imidazole rings is 1. The van der Waals surface area contributed by atoms with E-state index in [1.807, 2.05) is 24.7 Å². The number of nitrogens with one attached hydrogen (secondary N) is 1. The van der Waals surface area contributed by atoms with Crippen LogP contribution < -0.4 is 5.32 Å². The third-order valence-electron chi connectivity index (χ3n) is 3.67. The lowest BCUT2D eigenvalue weighted by Gasteiger charge is -2.17. The fraction of sp³-hybridized carbons (Fsp3) is 0.400. The first kappa shape index (κ1) is 12.4. The quantitative estimate of drug-likeness (QED) is 0.894. The molecule has 0 aliphatic heterocycles. The van der Waals surface area contributed by atoms with Gasteiger partial charge in [0.05, 0.1) is 18.1 Å². The van der Waals surface area contributed by atoms with Crippen molar-refractivity contribution in [2.45, 2.75) is 38.4 Å². The van der Waals surface area contributed by atoms with Gasteiger partial charge in [-0.2, -0.15) is 0 Å². The third kappa shape index (κ3) is 2.84. The summed E-state index contributed by atoms with van der Waals surface area (Å²) in [4.78, 5) is 4.23. The molecule has 0 bridgehead atoms. The molecule has 1 aliphatic rings. The molecule has 1 N–H and O–H groups in total. The van der Waals surface area contributed by atoms with Gasteiger partial charge < -0.3 is 9.88 Å². The first-order valence-electron chi connectivity index (χ1n) is 6.73. The monoisotopic (exact) mass is 259 g/mol. The van der Waals surface area contributed by atoms with Gasteiger partial charge >= 0.3 is 0 Å². The van der Waals surface area contributed by atoms with E-state index in [4.69, 9.17) is 0 Å². The topological polar surface area (TPSA) is 29.9 Å². The molecule has 0 amide bonds. The van der Waals surface area contributed by atoms with Gasteiger partial charge in [-0.05, 0) is 37.5 Å². The van der Waals surface area contributed by atoms with Crippen LogP contribution in [0.2, 0.25) is 0 Å². The van der Waals surface area contributed by atoms with Crippen molar-refractivity contribution in [2.75, 3.05) is 0 Å². The zero-order valence-electron chi connectivity index (χ0n) is 11.0. The van der Waals surface area contributed by atoms with Crippen molar-refractivity contribution < 1.29 is 4.39 Å². The maximum atomic E-state index is 13.0. The molecule has 1 saturated carbocycles. The minimum Gasteiger partial charge on any atom is -0.326 e. The molecule has 0 saturated heterocycles. The normalized spacial score (nSPS) is 16.5. The molecule has 1 fully saturated rings. The summed E-state index contributed by atoms with van der Waals surface area (Å²) in [6, 6.07) is 7.52. The Bertz CT molecular complexity index is 543. The van der Waals surface area contributed by atoms with Crippen molar-refractivity contribution in [1.29, 1.82) is 0 Å². The molecule has 2 aromatic rings. The Morgan fingerprint density at radius 2 is 2.11 bits per heavy atom. The van der Waals surface area contributed by atoms with Gasteiger partial charge in [0.1, 0.15) is 5.82 Å². The molecule has 4 heteroatoms. The highest BCUT2D eigenvalue weighted by atomic mass is 19.1. The third-order valence-corrected chi connectivity index (χ3v) is 3.67. The van der Waals surface area contributed by atoms with Crippen molar-refractivity contribution in [3.63, 3.8) is 0 Å². The minimum absolute atomic E-state index is 0.166. The van der Waals surface area contributed by atoms with Crippen LogP contribution in [0, 0.1) is 5.82 Å². The number of halogens is 1.